The molecule has 0 bridgehead atoms. The second-order valence-electron chi connectivity index (χ2n) is 5.45. The zero-order chi connectivity index (χ0) is 19.3. The summed E-state index contributed by atoms with van der Waals surface area (Å²) in [6, 6.07) is 10.1. The Morgan fingerprint density at radius 2 is 1.77 bits per heavy atom. The fourth-order valence-corrected chi connectivity index (χ4v) is 3.79. The summed E-state index contributed by atoms with van der Waals surface area (Å²) in [4.78, 5) is 10.2. The second kappa shape index (κ2) is 8.15. The number of ether oxygens (including phenoxy) is 2. The predicted molar refractivity (Wildman–Crippen MR) is 96.0 cm³/mol. The molecule has 1 atom stereocenters. The van der Waals surface area contributed by atoms with E-state index in [2.05, 4.69) is 4.72 Å². The van der Waals surface area contributed by atoms with Gasteiger partial charge in [0.1, 0.15) is 5.75 Å². The van der Waals surface area contributed by atoms with E-state index < -0.39 is 26.7 Å². The molecule has 0 radical (unpaired) electrons. The summed E-state index contributed by atoms with van der Waals surface area (Å²) in [7, 11) is -1.13. The SMILES string of the molecule is CCC(NS(=O)(=O)c1ccc(OC)c([N+](=O)[O-])c1)c1ccc(OC)cc1. The van der Waals surface area contributed by atoms with Gasteiger partial charge in [-0.2, -0.15) is 0 Å². The van der Waals surface area contributed by atoms with E-state index in [0.29, 0.717) is 12.2 Å². The van der Waals surface area contributed by atoms with Gasteiger partial charge in [0.25, 0.3) is 0 Å². The molecule has 26 heavy (non-hydrogen) atoms. The van der Waals surface area contributed by atoms with Gasteiger partial charge in [-0.1, -0.05) is 19.1 Å². The van der Waals surface area contributed by atoms with Crippen molar-refractivity contribution in [3.05, 3.63) is 58.1 Å². The number of nitro groups is 1. The fourth-order valence-electron chi connectivity index (χ4n) is 2.46. The molecule has 0 saturated carbocycles. The first-order valence-electron chi connectivity index (χ1n) is 7.81. The number of benzene rings is 2. The number of nitrogens with zero attached hydrogens (tertiary/aromatic N) is 1. The third-order valence-corrected chi connectivity index (χ3v) is 5.35. The van der Waals surface area contributed by atoms with Crippen LogP contribution in [0.15, 0.2) is 47.4 Å². The highest BCUT2D eigenvalue weighted by Gasteiger charge is 2.24. The van der Waals surface area contributed by atoms with Crippen LogP contribution in [0, 0.1) is 10.1 Å². The lowest BCUT2D eigenvalue weighted by atomic mass is 10.1. The molecule has 2 aromatic carbocycles. The molecule has 0 fully saturated rings. The van der Waals surface area contributed by atoms with Crippen LogP contribution in [0.3, 0.4) is 0 Å². The third-order valence-electron chi connectivity index (χ3n) is 3.88. The maximum absolute atomic E-state index is 12.7. The number of nitrogens with one attached hydrogen (secondary N) is 1. The monoisotopic (exact) mass is 380 g/mol. The van der Waals surface area contributed by atoms with Crippen molar-refractivity contribution in [3.63, 3.8) is 0 Å². The average Bonchev–Trinajstić information content (AvgIpc) is 2.65. The molecule has 0 aliphatic carbocycles. The lowest BCUT2D eigenvalue weighted by molar-refractivity contribution is -0.386. The first-order chi connectivity index (χ1) is 12.3. The van der Waals surface area contributed by atoms with Gasteiger partial charge in [0.15, 0.2) is 5.75 Å². The summed E-state index contributed by atoms with van der Waals surface area (Å²) in [5.41, 5.74) is 0.354. The summed E-state index contributed by atoms with van der Waals surface area (Å²) in [6.07, 6.45) is 0.504. The van der Waals surface area contributed by atoms with Crippen molar-refractivity contribution in [2.75, 3.05) is 14.2 Å². The minimum absolute atomic E-state index is 0.00357. The van der Waals surface area contributed by atoms with Gasteiger partial charge >= 0.3 is 5.69 Å². The lowest BCUT2D eigenvalue weighted by Crippen LogP contribution is -2.28. The van der Waals surface area contributed by atoms with Gasteiger partial charge in [-0.25, -0.2) is 13.1 Å². The minimum atomic E-state index is -3.96. The molecule has 0 saturated heterocycles. The zero-order valence-corrected chi connectivity index (χ0v) is 15.4. The summed E-state index contributed by atoms with van der Waals surface area (Å²) < 4.78 is 37.9. The number of methoxy groups -OCH3 is 2. The highest BCUT2D eigenvalue weighted by molar-refractivity contribution is 7.89. The molecule has 0 aliphatic heterocycles. The van der Waals surface area contributed by atoms with Gasteiger partial charge in [0, 0.05) is 12.1 Å². The summed E-state index contributed by atoms with van der Waals surface area (Å²) in [5.74, 6) is 0.661. The van der Waals surface area contributed by atoms with Gasteiger partial charge in [-0.05, 0) is 36.2 Å². The van der Waals surface area contributed by atoms with Crippen LogP contribution >= 0.6 is 0 Å². The molecule has 2 aromatic rings. The van der Waals surface area contributed by atoms with Gasteiger partial charge < -0.3 is 9.47 Å². The normalized spacial score (nSPS) is 12.4. The van der Waals surface area contributed by atoms with E-state index in [-0.39, 0.29) is 10.6 Å². The maximum atomic E-state index is 12.7. The number of hydrogen-bond acceptors (Lipinski definition) is 6. The molecule has 9 heteroatoms. The van der Waals surface area contributed by atoms with Crippen LogP contribution < -0.4 is 14.2 Å². The van der Waals surface area contributed by atoms with Crippen molar-refractivity contribution in [2.45, 2.75) is 24.3 Å². The molecule has 140 valence electrons. The number of rotatable bonds is 8. The van der Waals surface area contributed by atoms with Crippen LogP contribution in [0.5, 0.6) is 11.5 Å². The maximum Gasteiger partial charge on any atom is 0.312 e. The van der Waals surface area contributed by atoms with Gasteiger partial charge in [0.2, 0.25) is 10.0 Å². The van der Waals surface area contributed by atoms with E-state index in [0.717, 1.165) is 11.6 Å². The first-order valence-corrected chi connectivity index (χ1v) is 9.29. The minimum Gasteiger partial charge on any atom is -0.497 e. The van der Waals surface area contributed by atoms with Crippen LogP contribution in [0.25, 0.3) is 0 Å². The largest absolute Gasteiger partial charge is 0.497 e. The topological polar surface area (TPSA) is 108 Å². The Kier molecular flexibility index (Phi) is 6.17. The molecule has 0 aliphatic rings. The molecular weight excluding hydrogens is 360 g/mol. The van der Waals surface area contributed by atoms with E-state index >= 15 is 0 Å². The predicted octanol–water partition coefficient (Wildman–Crippen LogP) is 3.04. The highest BCUT2D eigenvalue weighted by Crippen LogP contribution is 2.30. The van der Waals surface area contributed by atoms with Gasteiger partial charge in [-0.3, -0.25) is 10.1 Å². The fraction of sp³-hybridized carbons (Fsp3) is 0.294. The van der Waals surface area contributed by atoms with Crippen LogP contribution in [0.4, 0.5) is 5.69 Å². The van der Waals surface area contributed by atoms with Crippen molar-refractivity contribution in [2.24, 2.45) is 0 Å². The molecular formula is C17H20N2O6S. The number of nitro benzene ring substituents is 1. The Morgan fingerprint density at radius 3 is 2.27 bits per heavy atom. The van der Waals surface area contributed by atoms with Gasteiger partial charge in [0.05, 0.1) is 24.0 Å². The molecule has 1 unspecified atom stereocenters. The van der Waals surface area contributed by atoms with Crippen molar-refractivity contribution < 1.29 is 22.8 Å². The number of hydrogen-bond donors (Lipinski definition) is 1. The average molecular weight is 380 g/mol. The van der Waals surface area contributed by atoms with E-state index in [1.165, 1.54) is 19.2 Å². The lowest BCUT2D eigenvalue weighted by Gasteiger charge is -2.18. The van der Waals surface area contributed by atoms with E-state index in [1.807, 2.05) is 6.92 Å². The van der Waals surface area contributed by atoms with E-state index in [9.17, 15) is 18.5 Å². The summed E-state index contributed by atoms with van der Waals surface area (Å²) >= 11 is 0. The Balaban J connectivity index is 2.33. The first kappa shape index (κ1) is 19.7. The molecule has 0 heterocycles. The zero-order valence-electron chi connectivity index (χ0n) is 14.6. The molecule has 0 aromatic heterocycles. The Labute approximate surface area is 152 Å². The van der Waals surface area contributed by atoms with Crippen molar-refractivity contribution in [1.29, 1.82) is 0 Å². The number of sulfonamides is 1. The van der Waals surface area contributed by atoms with E-state index in [4.69, 9.17) is 9.47 Å². The van der Waals surface area contributed by atoms with Crippen LogP contribution in [0.2, 0.25) is 0 Å². The van der Waals surface area contributed by atoms with Crippen molar-refractivity contribution in [1.82, 2.24) is 4.72 Å². The summed E-state index contributed by atoms with van der Waals surface area (Å²) in [5, 5.41) is 11.1. The van der Waals surface area contributed by atoms with E-state index in [1.54, 1.807) is 31.4 Å². The Bertz CT molecular complexity index is 881. The van der Waals surface area contributed by atoms with Crippen molar-refractivity contribution >= 4 is 15.7 Å². The highest BCUT2D eigenvalue weighted by atomic mass is 32.2. The third kappa shape index (κ3) is 4.30. The van der Waals surface area contributed by atoms with Gasteiger partial charge in [-0.15, -0.1) is 0 Å². The van der Waals surface area contributed by atoms with Crippen LogP contribution in [-0.2, 0) is 10.0 Å². The second-order valence-corrected chi connectivity index (χ2v) is 7.16. The smallest absolute Gasteiger partial charge is 0.312 e. The Hall–Kier alpha value is -2.65. The standard InChI is InChI=1S/C17H20N2O6S/c1-4-15(12-5-7-13(24-2)8-6-12)18-26(22,23)14-9-10-17(25-3)16(11-14)19(20)21/h5-11,15,18H,4H2,1-3H3. The molecule has 2 rings (SSSR count). The quantitative estimate of drug-likeness (QED) is 0.557. The van der Waals surface area contributed by atoms with Crippen LogP contribution in [0.1, 0.15) is 24.9 Å². The molecule has 0 amide bonds. The Morgan fingerprint density at radius 1 is 1.12 bits per heavy atom. The van der Waals surface area contributed by atoms with Crippen LogP contribution in [-0.4, -0.2) is 27.6 Å². The molecule has 0 spiro atoms. The molecule has 8 nitrogen and oxygen atoms in total. The summed E-state index contributed by atoms with van der Waals surface area (Å²) in [6.45, 7) is 1.84. The molecule has 1 N–H and O–H groups in total. The van der Waals surface area contributed by atoms with Crippen molar-refractivity contribution in [3.8, 4) is 11.5 Å².